The van der Waals surface area contributed by atoms with E-state index < -0.39 is 0 Å². The van der Waals surface area contributed by atoms with Crippen LogP contribution in [0, 0.1) is 5.92 Å². The minimum absolute atomic E-state index is 0.667. The molecule has 1 aromatic carbocycles. The van der Waals surface area contributed by atoms with Crippen LogP contribution >= 0.6 is 0 Å². The number of nitrogens with zero attached hydrogens (tertiary/aromatic N) is 1. The maximum absolute atomic E-state index is 4.01. The molecule has 78 valence electrons. The summed E-state index contributed by atoms with van der Waals surface area (Å²) in [5.41, 5.74) is 2.30. The zero-order valence-electron chi connectivity index (χ0n) is 8.83. The third-order valence-electron chi connectivity index (χ3n) is 3.19. The number of H-pyrrole nitrogens is 1. The average Bonchev–Trinajstić information content (AvgIpc) is 2.62. The molecule has 0 unspecified atom stereocenters. The van der Waals surface area contributed by atoms with Crippen LogP contribution in [0.3, 0.4) is 0 Å². The second-order valence-electron chi connectivity index (χ2n) is 4.59. The summed E-state index contributed by atoms with van der Waals surface area (Å²) in [6.07, 6.45) is 4.44. The van der Waals surface area contributed by atoms with E-state index >= 15 is 0 Å². The van der Waals surface area contributed by atoms with Crippen molar-refractivity contribution in [3.05, 3.63) is 24.4 Å². The van der Waals surface area contributed by atoms with Crippen LogP contribution in [0.1, 0.15) is 19.8 Å². The SMILES string of the molecule is CC1CC(Nc2ccc3cn[nH]c3c2)C1. The number of aromatic amines is 1. The van der Waals surface area contributed by atoms with Crippen molar-refractivity contribution >= 4 is 16.6 Å². The van der Waals surface area contributed by atoms with E-state index in [1.165, 1.54) is 23.9 Å². The summed E-state index contributed by atoms with van der Waals surface area (Å²) in [7, 11) is 0. The number of aromatic nitrogens is 2. The first-order chi connectivity index (χ1) is 7.31. The normalized spacial score (nSPS) is 25.1. The highest BCUT2D eigenvalue weighted by molar-refractivity contribution is 5.81. The topological polar surface area (TPSA) is 40.7 Å². The largest absolute Gasteiger partial charge is 0.382 e. The Balaban J connectivity index is 1.79. The van der Waals surface area contributed by atoms with Crippen molar-refractivity contribution in [3.63, 3.8) is 0 Å². The van der Waals surface area contributed by atoms with E-state index in [1.807, 2.05) is 6.20 Å². The predicted molar refractivity (Wildman–Crippen MR) is 61.9 cm³/mol. The molecule has 3 nitrogen and oxygen atoms in total. The number of anilines is 1. The van der Waals surface area contributed by atoms with Crippen LogP contribution in [0.25, 0.3) is 10.9 Å². The Kier molecular flexibility index (Phi) is 1.91. The smallest absolute Gasteiger partial charge is 0.0670 e. The molecule has 1 saturated carbocycles. The molecule has 0 saturated heterocycles. The Morgan fingerprint density at radius 3 is 3.07 bits per heavy atom. The maximum Gasteiger partial charge on any atom is 0.0670 e. The highest BCUT2D eigenvalue weighted by Crippen LogP contribution is 2.30. The van der Waals surface area contributed by atoms with Crippen LogP contribution in [0.2, 0.25) is 0 Å². The highest BCUT2D eigenvalue weighted by atomic mass is 15.1. The van der Waals surface area contributed by atoms with Gasteiger partial charge in [-0.3, -0.25) is 5.10 Å². The molecule has 1 aliphatic carbocycles. The van der Waals surface area contributed by atoms with Gasteiger partial charge in [-0.1, -0.05) is 6.92 Å². The number of fused-ring (bicyclic) bond motifs is 1. The van der Waals surface area contributed by atoms with Crippen molar-refractivity contribution in [3.8, 4) is 0 Å². The van der Waals surface area contributed by atoms with Crippen LogP contribution in [0.4, 0.5) is 5.69 Å². The van der Waals surface area contributed by atoms with Gasteiger partial charge in [0.2, 0.25) is 0 Å². The molecule has 0 aliphatic heterocycles. The third-order valence-corrected chi connectivity index (χ3v) is 3.19. The van der Waals surface area contributed by atoms with Crippen LogP contribution in [0.5, 0.6) is 0 Å². The lowest BCUT2D eigenvalue weighted by Crippen LogP contribution is -2.33. The first-order valence-corrected chi connectivity index (χ1v) is 5.51. The van der Waals surface area contributed by atoms with Gasteiger partial charge in [-0.2, -0.15) is 5.10 Å². The minimum Gasteiger partial charge on any atom is -0.382 e. The summed E-state index contributed by atoms with van der Waals surface area (Å²) in [5, 5.41) is 11.7. The Morgan fingerprint density at radius 1 is 1.40 bits per heavy atom. The molecule has 1 fully saturated rings. The average molecular weight is 201 g/mol. The molecule has 1 aliphatic rings. The van der Waals surface area contributed by atoms with Crippen molar-refractivity contribution < 1.29 is 0 Å². The van der Waals surface area contributed by atoms with Crippen molar-refractivity contribution in [1.29, 1.82) is 0 Å². The van der Waals surface area contributed by atoms with E-state index in [4.69, 9.17) is 0 Å². The third kappa shape index (κ3) is 1.58. The fourth-order valence-electron chi connectivity index (χ4n) is 2.28. The van der Waals surface area contributed by atoms with E-state index in [2.05, 4.69) is 40.6 Å². The van der Waals surface area contributed by atoms with Gasteiger partial charge in [0, 0.05) is 17.1 Å². The second kappa shape index (κ2) is 3.26. The molecular formula is C12H15N3. The molecule has 0 amide bonds. The van der Waals surface area contributed by atoms with Crippen LogP contribution in [-0.2, 0) is 0 Å². The fourth-order valence-corrected chi connectivity index (χ4v) is 2.28. The van der Waals surface area contributed by atoms with Gasteiger partial charge in [-0.05, 0) is 37.0 Å². The summed E-state index contributed by atoms with van der Waals surface area (Å²) in [6, 6.07) is 7.02. The zero-order chi connectivity index (χ0) is 10.3. The summed E-state index contributed by atoms with van der Waals surface area (Å²) in [6.45, 7) is 2.30. The lowest BCUT2D eigenvalue weighted by Gasteiger charge is -2.34. The molecule has 2 N–H and O–H groups in total. The van der Waals surface area contributed by atoms with Gasteiger partial charge in [0.1, 0.15) is 0 Å². The van der Waals surface area contributed by atoms with Crippen molar-refractivity contribution in [2.24, 2.45) is 5.92 Å². The first kappa shape index (κ1) is 8.77. The number of benzene rings is 1. The highest BCUT2D eigenvalue weighted by Gasteiger charge is 2.24. The monoisotopic (exact) mass is 201 g/mol. The van der Waals surface area contributed by atoms with Crippen molar-refractivity contribution in [2.45, 2.75) is 25.8 Å². The molecule has 15 heavy (non-hydrogen) atoms. The first-order valence-electron chi connectivity index (χ1n) is 5.51. The molecule has 0 bridgehead atoms. The minimum atomic E-state index is 0.667. The Bertz CT molecular complexity index is 468. The van der Waals surface area contributed by atoms with Gasteiger partial charge < -0.3 is 5.32 Å². The van der Waals surface area contributed by atoms with Crippen molar-refractivity contribution in [1.82, 2.24) is 10.2 Å². The zero-order valence-corrected chi connectivity index (χ0v) is 8.83. The van der Waals surface area contributed by atoms with Gasteiger partial charge in [0.15, 0.2) is 0 Å². The van der Waals surface area contributed by atoms with E-state index in [9.17, 15) is 0 Å². The van der Waals surface area contributed by atoms with Crippen molar-refractivity contribution in [2.75, 3.05) is 5.32 Å². The van der Waals surface area contributed by atoms with Gasteiger partial charge in [0.05, 0.1) is 11.7 Å². The molecule has 3 rings (SSSR count). The summed E-state index contributed by atoms with van der Waals surface area (Å²) in [4.78, 5) is 0. The molecule has 0 radical (unpaired) electrons. The number of hydrogen-bond acceptors (Lipinski definition) is 2. The molecular weight excluding hydrogens is 186 g/mol. The van der Waals surface area contributed by atoms with Gasteiger partial charge in [0.25, 0.3) is 0 Å². The quantitative estimate of drug-likeness (QED) is 0.784. The standard InChI is InChI=1S/C12H15N3/c1-8-4-11(5-8)14-10-3-2-9-7-13-15-12(9)6-10/h2-3,6-8,11,14H,4-5H2,1H3,(H,13,15). The Hall–Kier alpha value is -1.51. The van der Waals surface area contributed by atoms with Crippen LogP contribution in [-0.4, -0.2) is 16.2 Å². The lowest BCUT2D eigenvalue weighted by atomic mass is 9.82. The lowest BCUT2D eigenvalue weighted by molar-refractivity contribution is 0.309. The molecule has 0 spiro atoms. The van der Waals surface area contributed by atoms with E-state index in [0.717, 1.165) is 11.4 Å². The fraction of sp³-hybridized carbons (Fsp3) is 0.417. The second-order valence-corrected chi connectivity index (χ2v) is 4.59. The van der Waals surface area contributed by atoms with Gasteiger partial charge in [-0.15, -0.1) is 0 Å². The predicted octanol–water partition coefficient (Wildman–Crippen LogP) is 2.77. The maximum atomic E-state index is 4.01. The van der Waals surface area contributed by atoms with E-state index in [-0.39, 0.29) is 0 Å². The van der Waals surface area contributed by atoms with Crippen LogP contribution in [0.15, 0.2) is 24.4 Å². The summed E-state index contributed by atoms with van der Waals surface area (Å²) in [5.74, 6) is 0.887. The number of nitrogens with one attached hydrogen (secondary N) is 2. The Morgan fingerprint density at radius 2 is 2.27 bits per heavy atom. The molecule has 0 atom stereocenters. The number of rotatable bonds is 2. The molecule has 1 aromatic heterocycles. The number of hydrogen-bond donors (Lipinski definition) is 2. The molecule has 2 aromatic rings. The summed E-state index contributed by atoms with van der Waals surface area (Å²) < 4.78 is 0. The van der Waals surface area contributed by atoms with Crippen LogP contribution < -0.4 is 5.32 Å². The van der Waals surface area contributed by atoms with Gasteiger partial charge in [-0.25, -0.2) is 0 Å². The van der Waals surface area contributed by atoms with E-state index in [0.29, 0.717) is 6.04 Å². The molecule has 3 heteroatoms. The van der Waals surface area contributed by atoms with Gasteiger partial charge >= 0.3 is 0 Å². The molecule has 1 heterocycles. The van der Waals surface area contributed by atoms with E-state index in [1.54, 1.807) is 0 Å². The Labute approximate surface area is 88.9 Å². The summed E-state index contributed by atoms with van der Waals surface area (Å²) >= 11 is 0.